The van der Waals surface area contributed by atoms with Crippen molar-refractivity contribution in [2.24, 2.45) is 0 Å². The molecule has 4 rings (SSSR count). The Labute approximate surface area is 115 Å². The van der Waals surface area contributed by atoms with Crippen LogP contribution in [0.3, 0.4) is 0 Å². The van der Waals surface area contributed by atoms with Crippen molar-refractivity contribution < 1.29 is 4.74 Å². The standard InChI is InChI=1S/C13H16N4OS/c14-13-15-11(8-4-7-19-12(8)16-13)17-5-6-18-10-3-1-2-9(10)17/h4,7,9-10H,1-3,5-6H2,(H2,14,15,16). The summed E-state index contributed by atoms with van der Waals surface area (Å²) in [5.41, 5.74) is 5.85. The first-order valence-corrected chi connectivity index (χ1v) is 7.60. The molecule has 0 bridgehead atoms. The van der Waals surface area contributed by atoms with E-state index in [-0.39, 0.29) is 0 Å². The molecular weight excluding hydrogens is 260 g/mol. The first-order valence-electron chi connectivity index (χ1n) is 6.72. The Morgan fingerprint density at radius 1 is 1.37 bits per heavy atom. The molecule has 1 aliphatic carbocycles. The third-order valence-corrected chi connectivity index (χ3v) is 4.88. The highest BCUT2D eigenvalue weighted by molar-refractivity contribution is 7.16. The van der Waals surface area contributed by atoms with Gasteiger partial charge in [0, 0.05) is 6.54 Å². The number of morpholine rings is 1. The van der Waals surface area contributed by atoms with E-state index in [9.17, 15) is 0 Å². The lowest BCUT2D eigenvalue weighted by atomic mass is 10.1. The largest absolute Gasteiger partial charge is 0.374 e. The summed E-state index contributed by atoms with van der Waals surface area (Å²) in [5, 5.41) is 3.17. The second kappa shape index (κ2) is 4.31. The number of hydrogen-bond donors (Lipinski definition) is 1. The molecule has 2 N–H and O–H groups in total. The van der Waals surface area contributed by atoms with Gasteiger partial charge >= 0.3 is 0 Å². The number of nitrogens with zero attached hydrogens (tertiary/aromatic N) is 3. The van der Waals surface area contributed by atoms with E-state index >= 15 is 0 Å². The molecule has 19 heavy (non-hydrogen) atoms. The molecule has 6 heteroatoms. The number of thiophene rings is 1. The third kappa shape index (κ3) is 1.78. The number of hydrogen-bond acceptors (Lipinski definition) is 6. The van der Waals surface area contributed by atoms with Crippen molar-refractivity contribution in [1.29, 1.82) is 0 Å². The molecule has 0 radical (unpaired) electrons. The number of nitrogen functional groups attached to an aromatic ring is 1. The fourth-order valence-corrected chi connectivity index (χ4v) is 4.03. The lowest BCUT2D eigenvalue weighted by molar-refractivity contribution is 0.0254. The van der Waals surface area contributed by atoms with E-state index in [4.69, 9.17) is 10.5 Å². The molecule has 1 aliphatic heterocycles. The molecule has 3 heterocycles. The van der Waals surface area contributed by atoms with Gasteiger partial charge in [-0.2, -0.15) is 4.98 Å². The van der Waals surface area contributed by atoms with Crippen molar-refractivity contribution in [3.05, 3.63) is 11.4 Å². The van der Waals surface area contributed by atoms with E-state index in [1.54, 1.807) is 11.3 Å². The van der Waals surface area contributed by atoms with Crippen molar-refractivity contribution in [2.45, 2.75) is 31.4 Å². The average Bonchev–Trinajstić information content (AvgIpc) is 3.04. The molecule has 2 unspecified atom stereocenters. The summed E-state index contributed by atoms with van der Waals surface area (Å²) in [7, 11) is 0. The van der Waals surface area contributed by atoms with Gasteiger partial charge in [0.1, 0.15) is 10.6 Å². The highest BCUT2D eigenvalue weighted by atomic mass is 32.1. The molecule has 100 valence electrons. The van der Waals surface area contributed by atoms with E-state index in [0.717, 1.165) is 35.6 Å². The predicted octanol–water partition coefficient (Wildman–Crippen LogP) is 2.03. The highest BCUT2D eigenvalue weighted by Gasteiger charge is 2.37. The molecule has 2 fully saturated rings. The summed E-state index contributed by atoms with van der Waals surface area (Å²) >= 11 is 1.62. The molecule has 0 aromatic carbocycles. The van der Waals surface area contributed by atoms with Crippen molar-refractivity contribution in [2.75, 3.05) is 23.8 Å². The minimum Gasteiger partial charge on any atom is -0.374 e. The number of rotatable bonds is 1. The topological polar surface area (TPSA) is 64.3 Å². The Bertz CT molecular complexity index is 614. The third-order valence-electron chi connectivity index (χ3n) is 4.08. The smallest absolute Gasteiger partial charge is 0.223 e. The van der Waals surface area contributed by atoms with Gasteiger partial charge in [-0.3, -0.25) is 0 Å². The van der Waals surface area contributed by atoms with Gasteiger partial charge in [-0.1, -0.05) is 0 Å². The van der Waals surface area contributed by atoms with E-state index in [0.29, 0.717) is 18.1 Å². The zero-order valence-corrected chi connectivity index (χ0v) is 11.4. The van der Waals surface area contributed by atoms with Crippen LogP contribution in [0.15, 0.2) is 11.4 Å². The fraction of sp³-hybridized carbons (Fsp3) is 0.538. The first kappa shape index (κ1) is 11.4. The molecule has 1 saturated heterocycles. The number of nitrogens with two attached hydrogens (primary N) is 1. The van der Waals surface area contributed by atoms with Crippen LogP contribution in [-0.4, -0.2) is 35.3 Å². The molecule has 5 nitrogen and oxygen atoms in total. The maximum absolute atomic E-state index is 5.86. The summed E-state index contributed by atoms with van der Waals surface area (Å²) in [6, 6.07) is 2.54. The van der Waals surface area contributed by atoms with Crippen LogP contribution in [0, 0.1) is 0 Å². The Balaban J connectivity index is 1.82. The van der Waals surface area contributed by atoms with E-state index in [1.165, 1.54) is 12.8 Å². The summed E-state index contributed by atoms with van der Waals surface area (Å²) in [5.74, 6) is 1.36. The Morgan fingerprint density at radius 2 is 2.32 bits per heavy atom. The minimum atomic E-state index is 0.360. The van der Waals surface area contributed by atoms with Gasteiger partial charge in [0.15, 0.2) is 0 Å². The maximum atomic E-state index is 5.86. The van der Waals surface area contributed by atoms with Gasteiger partial charge < -0.3 is 15.4 Å². The van der Waals surface area contributed by atoms with Gasteiger partial charge in [0.25, 0.3) is 0 Å². The number of ether oxygens (including phenoxy) is 1. The molecule has 1 saturated carbocycles. The molecular formula is C13H16N4OS. The van der Waals surface area contributed by atoms with Crippen LogP contribution in [0.25, 0.3) is 10.2 Å². The van der Waals surface area contributed by atoms with Crippen LogP contribution in [0.5, 0.6) is 0 Å². The van der Waals surface area contributed by atoms with Crippen molar-refractivity contribution in [3.8, 4) is 0 Å². The molecule has 2 atom stereocenters. The normalized spacial score (nSPS) is 26.8. The van der Waals surface area contributed by atoms with Gasteiger partial charge in [0.05, 0.1) is 24.1 Å². The van der Waals surface area contributed by atoms with Crippen molar-refractivity contribution in [1.82, 2.24) is 9.97 Å². The fourth-order valence-electron chi connectivity index (χ4n) is 3.26. The quantitative estimate of drug-likeness (QED) is 0.863. The Morgan fingerprint density at radius 3 is 3.26 bits per heavy atom. The van der Waals surface area contributed by atoms with Crippen LogP contribution in [-0.2, 0) is 4.74 Å². The molecule has 2 aliphatic rings. The Hall–Kier alpha value is -1.40. The monoisotopic (exact) mass is 276 g/mol. The zero-order valence-electron chi connectivity index (χ0n) is 10.6. The average molecular weight is 276 g/mol. The van der Waals surface area contributed by atoms with Crippen molar-refractivity contribution in [3.63, 3.8) is 0 Å². The second-order valence-electron chi connectivity index (χ2n) is 5.15. The van der Waals surface area contributed by atoms with Crippen LogP contribution in [0.4, 0.5) is 11.8 Å². The van der Waals surface area contributed by atoms with E-state index in [2.05, 4.69) is 26.3 Å². The van der Waals surface area contributed by atoms with Crippen LogP contribution in [0.1, 0.15) is 19.3 Å². The van der Waals surface area contributed by atoms with Gasteiger partial charge in [0.2, 0.25) is 5.95 Å². The van der Waals surface area contributed by atoms with Crippen LogP contribution >= 0.6 is 11.3 Å². The summed E-state index contributed by atoms with van der Waals surface area (Å²) in [4.78, 5) is 12.2. The predicted molar refractivity (Wildman–Crippen MR) is 76.6 cm³/mol. The highest BCUT2D eigenvalue weighted by Crippen LogP contribution is 2.36. The van der Waals surface area contributed by atoms with Crippen molar-refractivity contribution >= 4 is 33.3 Å². The van der Waals surface area contributed by atoms with Crippen LogP contribution in [0.2, 0.25) is 0 Å². The SMILES string of the molecule is Nc1nc(N2CCOC3CCCC32)c2ccsc2n1. The summed E-state index contributed by atoms with van der Waals surface area (Å²) in [6.45, 7) is 1.67. The van der Waals surface area contributed by atoms with Gasteiger partial charge in [-0.15, -0.1) is 11.3 Å². The summed E-state index contributed by atoms with van der Waals surface area (Å²) < 4.78 is 5.86. The molecule has 0 spiro atoms. The second-order valence-corrected chi connectivity index (χ2v) is 6.04. The summed E-state index contributed by atoms with van der Waals surface area (Å²) in [6.07, 6.45) is 3.94. The van der Waals surface area contributed by atoms with Crippen LogP contribution < -0.4 is 10.6 Å². The lowest BCUT2D eigenvalue weighted by Gasteiger charge is -2.38. The van der Waals surface area contributed by atoms with Gasteiger partial charge in [-0.05, 0) is 30.7 Å². The number of anilines is 2. The Kier molecular flexibility index (Phi) is 2.60. The maximum Gasteiger partial charge on any atom is 0.223 e. The molecule has 2 aromatic heterocycles. The van der Waals surface area contributed by atoms with E-state index in [1.807, 2.05) is 0 Å². The zero-order chi connectivity index (χ0) is 12.8. The first-order chi connectivity index (χ1) is 9.33. The number of aromatic nitrogens is 2. The molecule has 0 amide bonds. The van der Waals surface area contributed by atoms with Gasteiger partial charge in [-0.25, -0.2) is 4.98 Å². The number of fused-ring (bicyclic) bond motifs is 2. The minimum absolute atomic E-state index is 0.360. The van der Waals surface area contributed by atoms with E-state index < -0.39 is 0 Å². The lowest BCUT2D eigenvalue weighted by Crippen LogP contribution is -2.49. The molecule has 2 aromatic rings.